The number of benzene rings is 1. The van der Waals surface area contributed by atoms with Gasteiger partial charge in [-0.15, -0.1) is 0 Å². The first-order chi connectivity index (χ1) is 8.56. The number of hydrogen-bond donors (Lipinski definition) is 2. The largest absolute Gasteiger partial charge is 0.481 e. The quantitative estimate of drug-likeness (QED) is 0.885. The summed E-state index contributed by atoms with van der Waals surface area (Å²) in [5, 5.41) is 12.3. The molecule has 1 amide bonds. The van der Waals surface area contributed by atoms with E-state index in [-0.39, 0.29) is 17.7 Å². The molecule has 96 valence electrons. The Labute approximate surface area is 110 Å². The molecule has 5 heteroatoms. The second kappa shape index (κ2) is 5.40. The fourth-order valence-electron chi connectivity index (χ4n) is 2.22. The summed E-state index contributed by atoms with van der Waals surface area (Å²) in [5.41, 5.74) is 0.683. The summed E-state index contributed by atoms with van der Waals surface area (Å²) >= 11 is 5.75. The first kappa shape index (κ1) is 12.9. The molecule has 0 spiro atoms. The summed E-state index contributed by atoms with van der Waals surface area (Å²) in [6, 6.07) is 6.85. The van der Waals surface area contributed by atoms with Gasteiger partial charge in [0, 0.05) is 16.6 Å². The smallest absolute Gasteiger partial charge is 0.306 e. The molecule has 1 aromatic carbocycles. The molecule has 1 aliphatic rings. The fourth-order valence-corrected chi connectivity index (χ4v) is 2.35. The van der Waals surface area contributed by atoms with Crippen molar-refractivity contribution in [3.05, 3.63) is 29.3 Å². The van der Waals surface area contributed by atoms with Crippen LogP contribution < -0.4 is 5.32 Å². The minimum absolute atomic E-state index is 0.110. The number of nitrogens with one attached hydrogen (secondary N) is 1. The van der Waals surface area contributed by atoms with Gasteiger partial charge in [0.1, 0.15) is 0 Å². The van der Waals surface area contributed by atoms with Gasteiger partial charge in [0.25, 0.3) is 0 Å². The van der Waals surface area contributed by atoms with Gasteiger partial charge >= 0.3 is 5.97 Å². The third kappa shape index (κ3) is 3.01. The SMILES string of the molecule is O=C(O)C1CCC(C(=O)Nc2ccc(Cl)cc2)C1. The average molecular weight is 268 g/mol. The van der Waals surface area contributed by atoms with Crippen LogP contribution >= 0.6 is 11.6 Å². The fraction of sp³-hybridized carbons (Fsp3) is 0.385. The number of aliphatic carboxylic acids is 1. The Hall–Kier alpha value is -1.55. The maximum absolute atomic E-state index is 11.9. The zero-order valence-electron chi connectivity index (χ0n) is 9.73. The number of carbonyl (C=O) groups is 2. The van der Waals surface area contributed by atoms with Gasteiger partial charge in [-0.2, -0.15) is 0 Å². The number of carboxylic acids is 1. The van der Waals surface area contributed by atoms with Crippen molar-refractivity contribution < 1.29 is 14.7 Å². The van der Waals surface area contributed by atoms with Crippen molar-refractivity contribution in [2.24, 2.45) is 11.8 Å². The summed E-state index contributed by atoms with van der Waals surface area (Å²) in [4.78, 5) is 22.7. The Morgan fingerprint density at radius 2 is 1.78 bits per heavy atom. The van der Waals surface area contributed by atoms with E-state index in [9.17, 15) is 9.59 Å². The van der Waals surface area contributed by atoms with Gasteiger partial charge in [0.2, 0.25) is 5.91 Å². The van der Waals surface area contributed by atoms with E-state index in [0.717, 1.165) is 0 Å². The van der Waals surface area contributed by atoms with E-state index < -0.39 is 5.97 Å². The Balaban J connectivity index is 1.93. The summed E-state index contributed by atoms with van der Waals surface area (Å²) in [7, 11) is 0. The first-order valence-electron chi connectivity index (χ1n) is 5.85. The number of rotatable bonds is 3. The number of halogens is 1. The molecule has 1 fully saturated rings. The summed E-state index contributed by atoms with van der Waals surface area (Å²) < 4.78 is 0. The van der Waals surface area contributed by atoms with Crippen LogP contribution in [-0.4, -0.2) is 17.0 Å². The lowest BCUT2D eigenvalue weighted by Crippen LogP contribution is -2.21. The molecule has 0 bridgehead atoms. The lowest BCUT2D eigenvalue weighted by Gasteiger charge is -2.10. The van der Waals surface area contributed by atoms with Crippen LogP contribution in [0.3, 0.4) is 0 Å². The number of anilines is 1. The van der Waals surface area contributed by atoms with Gasteiger partial charge < -0.3 is 10.4 Å². The second-order valence-electron chi connectivity index (χ2n) is 4.54. The van der Waals surface area contributed by atoms with Crippen LogP contribution in [0.5, 0.6) is 0 Å². The van der Waals surface area contributed by atoms with E-state index in [1.807, 2.05) is 0 Å². The summed E-state index contributed by atoms with van der Waals surface area (Å²) in [6.07, 6.45) is 1.64. The Morgan fingerprint density at radius 3 is 2.33 bits per heavy atom. The van der Waals surface area contributed by atoms with E-state index in [1.54, 1.807) is 24.3 Å². The highest BCUT2D eigenvalue weighted by molar-refractivity contribution is 6.30. The van der Waals surface area contributed by atoms with Crippen LogP contribution in [0.15, 0.2) is 24.3 Å². The molecule has 0 radical (unpaired) electrons. The monoisotopic (exact) mass is 267 g/mol. The lowest BCUT2D eigenvalue weighted by atomic mass is 10.0. The van der Waals surface area contributed by atoms with Crippen molar-refractivity contribution in [1.29, 1.82) is 0 Å². The van der Waals surface area contributed by atoms with E-state index in [2.05, 4.69) is 5.32 Å². The van der Waals surface area contributed by atoms with Gasteiger partial charge in [-0.05, 0) is 43.5 Å². The van der Waals surface area contributed by atoms with Crippen LogP contribution in [0.1, 0.15) is 19.3 Å². The highest BCUT2D eigenvalue weighted by Gasteiger charge is 2.33. The predicted molar refractivity (Wildman–Crippen MR) is 68.5 cm³/mol. The van der Waals surface area contributed by atoms with Gasteiger partial charge in [0.05, 0.1) is 5.92 Å². The minimum Gasteiger partial charge on any atom is -0.481 e. The average Bonchev–Trinajstić information content (AvgIpc) is 2.81. The van der Waals surface area contributed by atoms with Crippen molar-refractivity contribution in [2.45, 2.75) is 19.3 Å². The first-order valence-corrected chi connectivity index (χ1v) is 6.23. The lowest BCUT2D eigenvalue weighted by molar-refractivity contribution is -0.141. The normalized spacial score (nSPS) is 22.7. The van der Waals surface area contributed by atoms with E-state index >= 15 is 0 Å². The summed E-state index contributed by atoms with van der Waals surface area (Å²) in [6.45, 7) is 0. The number of carboxylic acid groups (broad SMARTS) is 1. The van der Waals surface area contributed by atoms with Gasteiger partial charge in [0.15, 0.2) is 0 Å². The molecule has 1 saturated carbocycles. The maximum atomic E-state index is 11.9. The Morgan fingerprint density at radius 1 is 1.17 bits per heavy atom. The molecule has 0 saturated heterocycles. The zero-order valence-corrected chi connectivity index (χ0v) is 10.5. The maximum Gasteiger partial charge on any atom is 0.306 e. The molecule has 2 N–H and O–H groups in total. The molecule has 1 aromatic rings. The molecule has 18 heavy (non-hydrogen) atoms. The van der Waals surface area contributed by atoms with E-state index in [4.69, 9.17) is 16.7 Å². The van der Waals surface area contributed by atoms with Crippen LogP contribution in [0.4, 0.5) is 5.69 Å². The molecule has 2 rings (SSSR count). The molecule has 2 unspecified atom stereocenters. The minimum atomic E-state index is -0.809. The van der Waals surface area contributed by atoms with Gasteiger partial charge in [-0.3, -0.25) is 9.59 Å². The second-order valence-corrected chi connectivity index (χ2v) is 4.98. The number of amides is 1. The third-order valence-electron chi connectivity index (χ3n) is 3.26. The Kier molecular flexibility index (Phi) is 3.87. The summed E-state index contributed by atoms with van der Waals surface area (Å²) in [5.74, 6) is -1.51. The molecule has 0 aliphatic heterocycles. The van der Waals surface area contributed by atoms with E-state index in [1.165, 1.54) is 0 Å². The molecular weight excluding hydrogens is 254 g/mol. The van der Waals surface area contributed by atoms with E-state index in [0.29, 0.717) is 30.0 Å². The zero-order chi connectivity index (χ0) is 13.1. The molecule has 4 nitrogen and oxygen atoms in total. The topological polar surface area (TPSA) is 66.4 Å². The van der Waals surface area contributed by atoms with Crippen molar-refractivity contribution in [2.75, 3.05) is 5.32 Å². The van der Waals surface area contributed by atoms with Crippen LogP contribution in [0, 0.1) is 11.8 Å². The Bertz CT molecular complexity index is 458. The number of carbonyl (C=O) groups excluding carboxylic acids is 1. The van der Waals surface area contributed by atoms with Crippen molar-refractivity contribution in [1.82, 2.24) is 0 Å². The van der Waals surface area contributed by atoms with Crippen molar-refractivity contribution in [3.63, 3.8) is 0 Å². The van der Waals surface area contributed by atoms with Crippen LogP contribution in [-0.2, 0) is 9.59 Å². The molecule has 0 aromatic heterocycles. The molecule has 1 aliphatic carbocycles. The highest BCUT2D eigenvalue weighted by atomic mass is 35.5. The third-order valence-corrected chi connectivity index (χ3v) is 3.52. The molecular formula is C13H14ClNO3. The molecule has 0 heterocycles. The highest BCUT2D eigenvalue weighted by Crippen LogP contribution is 2.31. The molecule has 2 atom stereocenters. The van der Waals surface area contributed by atoms with Crippen LogP contribution in [0.2, 0.25) is 5.02 Å². The van der Waals surface area contributed by atoms with Gasteiger partial charge in [-0.25, -0.2) is 0 Å². The number of hydrogen-bond acceptors (Lipinski definition) is 2. The standard InChI is InChI=1S/C13H14ClNO3/c14-10-3-5-11(6-4-10)15-12(16)8-1-2-9(7-8)13(17)18/h3-6,8-9H,1-2,7H2,(H,15,16)(H,17,18). The van der Waals surface area contributed by atoms with Crippen molar-refractivity contribution >= 4 is 29.2 Å². The van der Waals surface area contributed by atoms with Crippen molar-refractivity contribution in [3.8, 4) is 0 Å². The predicted octanol–water partition coefficient (Wildman–Crippen LogP) is 2.78. The van der Waals surface area contributed by atoms with Crippen LogP contribution in [0.25, 0.3) is 0 Å². The van der Waals surface area contributed by atoms with Gasteiger partial charge in [-0.1, -0.05) is 11.6 Å².